The summed E-state index contributed by atoms with van der Waals surface area (Å²) < 4.78 is 6.04. The normalized spacial score (nSPS) is 15.8. The molecule has 0 radical (unpaired) electrons. The van der Waals surface area contributed by atoms with E-state index in [1.165, 1.54) is 0 Å². The maximum atomic E-state index is 9.16. The molecule has 0 N–H and O–H groups in total. The molecule has 1 heterocycles. The van der Waals surface area contributed by atoms with Gasteiger partial charge in [-0.2, -0.15) is 5.26 Å². The van der Waals surface area contributed by atoms with Crippen LogP contribution in [0.25, 0.3) is 0 Å². The van der Waals surface area contributed by atoms with Crippen LogP contribution in [0.4, 0.5) is 0 Å². The van der Waals surface area contributed by atoms with E-state index >= 15 is 0 Å². The van der Waals surface area contributed by atoms with Gasteiger partial charge in [0.05, 0.1) is 5.56 Å². The van der Waals surface area contributed by atoms with Crippen molar-refractivity contribution in [3.8, 4) is 11.8 Å². The van der Waals surface area contributed by atoms with Crippen molar-refractivity contribution < 1.29 is 4.74 Å². The predicted molar refractivity (Wildman–Crippen MR) is 71.6 cm³/mol. The fraction of sp³-hybridized carbons (Fsp3) is 0.429. The summed E-state index contributed by atoms with van der Waals surface area (Å²) in [6.45, 7) is 4.25. The summed E-state index contributed by atoms with van der Waals surface area (Å²) in [7, 11) is 0. The van der Waals surface area contributed by atoms with Gasteiger partial charge in [0.25, 0.3) is 0 Å². The Morgan fingerprint density at radius 3 is 2.71 bits per heavy atom. The van der Waals surface area contributed by atoms with Gasteiger partial charge in [-0.25, -0.2) is 0 Å². The van der Waals surface area contributed by atoms with E-state index < -0.39 is 0 Å². The summed E-state index contributed by atoms with van der Waals surface area (Å²) in [5.74, 6) is 0.761. The Bertz CT molecular complexity index is 498. The van der Waals surface area contributed by atoms with Gasteiger partial charge in [0.2, 0.25) is 0 Å². The first-order chi connectivity index (χ1) is 8.18. The molecule has 0 atom stereocenters. The van der Waals surface area contributed by atoms with Crippen molar-refractivity contribution in [2.24, 2.45) is 0 Å². The number of hydrogen-bond acceptors (Lipinski definition) is 3. The van der Waals surface area contributed by atoms with E-state index in [9.17, 15) is 0 Å². The number of nitriles is 1. The zero-order valence-electron chi connectivity index (χ0n) is 10.1. The molecule has 3 heteroatoms. The van der Waals surface area contributed by atoms with Gasteiger partial charge >= 0.3 is 0 Å². The molecule has 0 spiro atoms. The highest BCUT2D eigenvalue weighted by Crippen LogP contribution is 2.41. The second kappa shape index (κ2) is 4.46. The quantitative estimate of drug-likeness (QED) is 0.765. The molecule has 0 saturated heterocycles. The molecule has 1 aromatic rings. The van der Waals surface area contributed by atoms with Gasteiger partial charge in [0.1, 0.15) is 17.4 Å². The topological polar surface area (TPSA) is 33.0 Å². The van der Waals surface area contributed by atoms with Gasteiger partial charge in [0, 0.05) is 17.4 Å². The summed E-state index contributed by atoms with van der Waals surface area (Å²) in [5.41, 5.74) is 2.50. The van der Waals surface area contributed by atoms with E-state index in [4.69, 9.17) is 22.2 Å². The van der Waals surface area contributed by atoms with Crippen molar-refractivity contribution in [2.75, 3.05) is 0 Å². The molecule has 0 aromatic heterocycles. The van der Waals surface area contributed by atoms with Crippen LogP contribution in [0, 0.1) is 11.3 Å². The Balaban J connectivity index is 2.51. The zero-order valence-corrected chi connectivity index (χ0v) is 10.9. The van der Waals surface area contributed by atoms with Crippen molar-refractivity contribution in [3.05, 3.63) is 28.8 Å². The third-order valence-electron chi connectivity index (χ3n) is 3.56. The number of fused-ring (bicyclic) bond motifs is 1. The molecule has 17 heavy (non-hydrogen) atoms. The van der Waals surface area contributed by atoms with Gasteiger partial charge in [-0.3, -0.25) is 0 Å². The largest absolute Gasteiger partial charge is 0.485 e. The number of thiocarbonyl (C=S) groups is 1. The molecule has 2 rings (SSSR count). The molecule has 1 aliphatic rings. The number of benzene rings is 1. The average molecular weight is 245 g/mol. The van der Waals surface area contributed by atoms with E-state index in [-0.39, 0.29) is 5.60 Å². The predicted octanol–water partition coefficient (Wildman–Crippen LogP) is 3.40. The number of ether oxygens (including phenoxy) is 1. The van der Waals surface area contributed by atoms with Crippen LogP contribution in [-0.2, 0) is 6.42 Å². The molecule has 0 aliphatic carbocycles. The minimum Gasteiger partial charge on any atom is -0.485 e. The van der Waals surface area contributed by atoms with Crippen LogP contribution >= 0.6 is 12.2 Å². The van der Waals surface area contributed by atoms with Gasteiger partial charge in [-0.15, -0.1) is 0 Å². The molecule has 0 amide bonds. The lowest BCUT2D eigenvalue weighted by Crippen LogP contribution is -2.32. The van der Waals surface area contributed by atoms with Gasteiger partial charge in [0.15, 0.2) is 0 Å². The van der Waals surface area contributed by atoms with Crippen LogP contribution < -0.4 is 4.74 Å². The summed E-state index contributed by atoms with van der Waals surface area (Å²) in [6, 6.07) is 6.03. The zero-order chi connectivity index (χ0) is 12.5. The van der Waals surface area contributed by atoms with Gasteiger partial charge in [-0.05, 0) is 30.5 Å². The summed E-state index contributed by atoms with van der Waals surface area (Å²) in [4.78, 5) is 0. The third-order valence-corrected chi connectivity index (χ3v) is 3.84. The smallest absolute Gasteiger partial charge is 0.141 e. The lowest BCUT2D eigenvalue weighted by molar-refractivity contribution is 0.0855. The highest BCUT2D eigenvalue weighted by Gasteiger charge is 2.37. The van der Waals surface area contributed by atoms with E-state index in [1.807, 2.05) is 6.07 Å². The first-order valence-electron chi connectivity index (χ1n) is 5.89. The molecule has 0 bridgehead atoms. The lowest BCUT2D eigenvalue weighted by atomic mass is 9.91. The Hall–Kier alpha value is -1.40. The Kier molecular flexibility index (Phi) is 3.17. The van der Waals surface area contributed by atoms with Crippen molar-refractivity contribution >= 4 is 17.6 Å². The highest BCUT2D eigenvalue weighted by atomic mass is 32.1. The molecule has 0 saturated carbocycles. The summed E-state index contributed by atoms with van der Waals surface area (Å²) in [5, 5.41) is 10.8. The molecule has 1 aromatic carbocycles. The summed E-state index contributed by atoms with van der Waals surface area (Å²) in [6.07, 6.45) is 2.78. The molecular formula is C14H15NOS. The third kappa shape index (κ3) is 1.94. The van der Waals surface area contributed by atoms with Crippen LogP contribution in [0.5, 0.6) is 5.75 Å². The van der Waals surface area contributed by atoms with Gasteiger partial charge in [-0.1, -0.05) is 26.1 Å². The fourth-order valence-electron chi connectivity index (χ4n) is 2.36. The Morgan fingerprint density at radius 1 is 1.47 bits per heavy atom. The first-order valence-corrected chi connectivity index (χ1v) is 6.36. The Morgan fingerprint density at radius 2 is 2.18 bits per heavy atom. The molecule has 0 fully saturated rings. The number of rotatable bonds is 3. The standard InChI is InChI=1S/C14H15NOS/c1-3-14(4-2)7-11-5-10(9-17)6-12(8-15)13(11)16-14/h5-6,9H,3-4,7H2,1-2H3. The molecular weight excluding hydrogens is 230 g/mol. The maximum absolute atomic E-state index is 9.16. The van der Waals surface area contributed by atoms with Crippen molar-refractivity contribution in [1.29, 1.82) is 5.26 Å². The minimum atomic E-state index is -0.131. The van der Waals surface area contributed by atoms with Crippen LogP contribution in [-0.4, -0.2) is 11.0 Å². The average Bonchev–Trinajstić information content (AvgIpc) is 2.76. The van der Waals surface area contributed by atoms with Crippen LogP contribution in [0.3, 0.4) is 0 Å². The monoisotopic (exact) mass is 245 g/mol. The summed E-state index contributed by atoms with van der Waals surface area (Å²) >= 11 is 4.94. The second-order valence-corrected chi connectivity index (χ2v) is 4.69. The van der Waals surface area contributed by atoms with E-state index in [0.29, 0.717) is 5.56 Å². The highest BCUT2D eigenvalue weighted by molar-refractivity contribution is 7.79. The van der Waals surface area contributed by atoms with Crippen molar-refractivity contribution in [1.82, 2.24) is 0 Å². The van der Waals surface area contributed by atoms with E-state index in [2.05, 4.69) is 19.9 Å². The van der Waals surface area contributed by atoms with E-state index in [0.717, 1.165) is 36.1 Å². The number of nitrogens with zero attached hydrogens (tertiary/aromatic N) is 1. The first kappa shape index (κ1) is 12.1. The number of hydrogen-bond donors (Lipinski definition) is 0. The Labute approximate surface area is 107 Å². The molecule has 2 nitrogen and oxygen atoms in total. The minimum absolute atomic E-state index is 0.131. The van der Waals surface area contributed by atoms with Crippen LogP contribution in [0.2, 0.25) is 0 Å². The van der Waals surface area contributed by atoms with E-state index in [1.54, 1.807) is 11.4 Å². The molecule has 88 valence electrons. The lowest BCUT2D eigenvalue weighted by Gasteiger charge is -2.25. The SMILES string of the molecule is CCC1(CC)Cc2cc(C=S)cc(C#N)c2O1. The maximum Gasteiger partial charge on any atom is 0.141 e. The van der Waals surface area contributed by atoms with Crippen LogP contribution in [0.15, 0.2) is 12.1 Å². The van der Waals surface area contributed by atoms with Gasteiger partial charge < -0.3 is 4.74 Å². The molecule has 1 aliphatic heterocycles. The van der Waals surface area contributed by atoms with Crippen LogP contribution in [0.1, 0.15) is 43.4 Å². The molecule has 0 unspecified atom stereocenters. The fourth-order valence-corrected chi connectivity index (χ4v) is 2.50. The van der Waals surface area contributed by atoms with Crippen molar-refractivity contribution in [3.63, 3.8) is 0 Å². The second-order valence-electron chi connectivity index (χ2n) is 4.46. The van der Waals surface area contributed by atoms with Crippen molar-refractivity contribution in [2.45, 2.75) is 38.7 Å².